The van der Waals surface area contributed by atoms with Gasteiger partial charge in [-0.15, -0.1) is 0 Å². The summed E-state index contributed by atoms with van der Waals surface area (Å²) < 4.78 is 0. The number of hydrogen-bond acceptors (Lipinski definition) is 4. The number of phenols is 2. The van der Waals surface area contributed by atoms with Crippen LogP contribution in [0.2, 0.25) is 0 Å². The number of aromatic carboxylic acids is 1. The average molecular weight is 315 g/mol. The molecule has 0 aliphatic carbocycles. The SMILES string of the molecule is CCN(C(=O)c1ccc(O)cc1O)c1ccc(C(=O)O)cc1C. The molecular formula is C17H17NO5. The maximum atomic E-state index is 12.6. The Hall–Kier alpha value is -3.02. The quantitative estimate of drug-likeness (QED) is 0.806. The molecule has 120 valence electrons. The first-order valence-electron chi connectivity index (χ1n) is 7.03. The summed E-state index contributed by atoms with van der Waals surface area (Å²) in [5.41, 5.74) is 1.40. The second-order valence-electron chi connectivity index (χ2n) is 5.06. The molecule has 0 aliphatic rings. The molecule has 0 atom stereocenters. The molecule has 0 bridgehead atoms. The summed E-state index contributed by atoms with van der Waals surface area (Å²) in [6.07, 6.45) is 0. The number of carboxylic acids is 1. The molecule has 3 N–H and O–H groups in total. The van der Waals surface area contributed by atoms with Crippen molar-refractivity contribution in [3.63, 3.8) is 0 Å². The molecule has 2 rings (SSSR count). The van der Waals surface area contributed by atoms with Crippen LogP contribution in [0.4, 0.5) is 5.69 Å². The Morgan fingerprint density at radius 1 is 1.09 bits per heavy atom. The van der Waals surface area contributed by atoms with Crippen molar-refractivity contribution in [3.05, 3.63) is 53.1 Å². The van der Waals surface area contributed by atoms with Gasteiger partial charge in [0.25, 0.3) is 5.91 Å². The highest BCUT2D eigenvalue weighted by molar-refractivity contribution is 6.08. The molecule has 6 nitrogen and oxygen atoms in total. The number of hydrogen-bond donors (Lipinski definition) is 3. The summed E-state index contributed by atoms with van der Waals surface area (Å²) in [6, 6.07) is 8.25. The number of carboxylic acid groups (broad SMARTS) is 1. The van der Waals surface area contributed by atoms with E-state index in [0.29, 0.717) is 17.8 Å². The van der Waals surface area contributed by atoms with Crippen LogP contribution in [0.25, 0.3) is 0 Å². The van der Waals surface area contributed by atoms with E-state index in [1.54, 1.807) is 19.9 Å². The molecule has 0 aliphatic heterocycles. The number of amides is 1. The third-order valence-corrected chi connectivity index (χ3v) is 3.51. The number of benzene rings is 2. The highest BCUT2D eigenvalue weighted by Gasteiger charge is 2.21. The number of aryl methyl sites for hydroxylation is 1. The lowest BCUT2D eigenvalue weighted by Gasteiger charge is -2.23. The van der Waals surface area contributed by atoms with Crippen molar-refractivity contribution >= 4 is 17.6 Å². The third kappa shape index (κ3) is 3.26. The maximum Gasteiger partial charge on any atom is 0.335 e. The van der Waals surface area contributed by atoms with Crippen LogP contribution in [0, 0.1) is 6.92 Å². The van der Waals surface area contributed by atoms with Crippen LogP contribution in [0.15, 0.2) is 36.4 Å². The molecule has 0 heterocycles. The van der Waals surface area contributed by atoms with Gasteiger partial charge in [0, 0.05) is 18.3 Å². The van der Waals surface area contributed by atoms with Crippen molar-refractivity contribution in [3.8, 4) is 11.5 Å². The van der Waals surface area contributed by atoms with E-state index in [9.17, 15) is 19.8 Å². The monoisotopic (exact) mass is 315 g/mol. The van der Waals surface area contributed by atoms with Gasteiger partial charge in [-0.2, -0.15) is 0 Å². The summed E-state index contributed by atoms with van der Waals surface area (Å²) in [4.78, 5) is 25.1. The Labute approximate surface area is 133 Å². The van der Waals surface area contributed by atoms with Crippen molar-refractivity contribution < 1.29 is 24.9 Å². The molecule has 2 aromatic carbocycles. The van der Waals surface area contributed by atoms with E-state index >= 15 is 0 Å². The summed E-state index contributed by atoms with van der Waals surface area (Å²) in [6.45, 7) is 3.83. The number of carbonyl (C=O) groups is 2. The van der Waals surface area contributed by atoms with Crippen LogP contribution in [0.5, 0.6) is 11.5 Å². The summed E-state index contributed by atoms with van der Waals surface area (Å²) >= 11 is 0. The standard InChI is InChI=1S/C17H17NO5/c1-3-18(14-7-4-11(17(22)23)8-10(14)2)16(21)13-6-5-12(19)9-15(13)20/h4-9,19-20H,3H2,1-2H3,(H,22,23). The first kappa shape index (κ1) is 16.4. The highest BCUT2D eigenvalue weighted by atomic mass is 16.4. The van der Waals surface area contributed by atoms with Crippen LogP contribution < -0.4 is 4.90 Å². The smallest absolute Gasteiger partial charge is 0.335 e. The van der Waals surface area contributed by atoms with Gasteiger partial charge in [0.05, 0.1) is 11.1 Å². The second kappa shape index (κ2) is 6.39. The molecule has 0 saturated carbocycles. The van der Waals surface area contributed by atoms with Gasteiger partial charge in [0.1, 0.15) is 11.5 Å². The second-order valence-corrected chi connectivity index (χ2v) is 5.06. The minimum absolute atomic E-state index is 0.0614. The Morgan fingerprint density at radius 2 is 1.78 bits per heavy atom. The van der Waals surface area contributed by atoms with Gasteiger partial charge in [0.15, 0.2) is 0 Å². The van der Waals surface area contributed by atoms with Gasteiger partial charge in [0.2, 0.25) is 0 Å². The van der Waals surface area contributed by atoms with E-state index in [-0.39, 0.29) is 22.6 Å². The molecule has 1 amide bonds. The first-order chi connectivity index (χ1) is 10.8. The Kier molecular flexibility index (Phi) is 4.55. The number of rotatable bonds is 4. The van der Waals surface area contributed by atoms with Crippen molar-refractivity contribution in [1.82, 2.24) is 0 Å². The molecule has 0 aromatic heterocycles. The Balaban J connectivity index is 2.43. The molecule has 0 fully saturated rings. The predicted octanol–water partition coefficient (Wildman–Crippen LogP) is 2.77. The van der Waals surface area contributed by atoms with E-state index in [0.717, 1.165) is 6.07 Å². The Bertz CT molecular complexity index is 770. The number of anilines is 1. The van der Waals surface area contributed by atoms with Crippen LogP contribution in [0.1, 0.15) is 33.2 Å². The first-order valence-corrected chi connectivity index (χ1v) is 7.03. The van der Waals surface area contributed by atoms with E-state index in [1.807, 2.05) is 0 Å². The fourth-order valence-electron chi connectivity index (χ4n) is 2.36. The third-order valence-electron chi connectivity index (χ3n) is 3.51. The normalized spacial score (nSPS) is 10.3. The predicted molar refractivity (Wildman–Crippen MR) is 85.3 cm³/mol. The van der Waals surface area contributed by atoms with Crippen LogP contribution >= 0.6 is 0 Å². The number of carbonyl (C=O) groups excluding carboxylic acids is 1. The largest absolute Gasteiger partial charge is 0.508 e. The van der Waals surface area contributed by atoms with Gasteiger partial charge < -0.3 is 20.2 Å². The van der Waals surface area contributed by atoms with Crippen molar-refractivity contribution in [2.45, 2.75) is 13.8 Å². The maximum absolute atomic E-state index is 12.6. The van der Waals surface area contributed by atoms with Crippen molar-refractivity contribution in [2.24, 2.45) is 0 Å². The molecule has 6 heteroatoms. The molecular weight excluding hydrogens is 298 g/mol. The molecule has 2 aromatic rings. The van der Waals surface area contributed by atoms with E-state index in [2.05, 4.69) is 0 Å². The lowest BCUT2D eigenvalue weighted by molar-refractivity contribution is 0.0696. The zero-order chi connectivity index (χ0) is 17.1. The molecule has 0 saturated heterocycles. The lowest BCUT2D eigenvalue weighted by atomic mass is 10.1. The minimum atomic E-state index is -1.04. The summed E-state index contributed by atoms with van der Waals surface area (Å²) in [5, 5.41) is 28.2. The fraction of sp³-hybridized carbons (Fsp3) is 0.176. The topological polar surface area (TPSA) is 98.1 Å². The van der Waals surface area contributed by atoms with Gasteiger partial charge in [-0.1, -0.05) is 0 Å². The molecule has 0 unspecified atom stereocenters. The zero-order valence-electron chi connectivity index (χ0n) is 12.8. The average Bonchev–Trinajstić information content (AvgIpc) is 2.49. The van der Waals surface area contributed by atoms with Crippen LogP contribution in [-0.2, 0) is 0 Å². The molecule has 23 heavy (non-hydrogen) atoms. The molecule has 0 radical (unpaired) electrons. The van der Waals surface area contributed by atoms with Gasteiger partial charge in [-0.05, 0) is 49.7 Å². The minimum Gasteiger partial charge on any atom is -0.508 e. The number of aromatic hydroxyl groups is 2. The summed E-state index contributed by atoms with van der Waals surface area (Å²) in [5.74, 6) is -1.92. The highest BCUT2D eigenvalue weighted by Crippen LogP contribution is 2.28. The zero-order valence-corrected chi connectivity index (χ0v) is 12.8. The van der Waals surface area contributed by atoms with Gasteiger partial charge in [-0.25, -0.2) is 4.79 Å². The van der Waals surface area contributed by atoms with E-state index < -0.39 is 11.9 Å². The lowest BCUT2D eigenvalue weighted by Crippen LogP contribution is -2.31. The van der Waals surface area contributed by atoms with Crippen molar-refractivity contribution in [2.75, 3.05) is 11.4 Å². The molecule has 0 spiro atoms. The summed E-state index contributed by atoms with van der Waals surface area (Å²) in [7, 11) is 0. The van der Waals surface area contributed by atoms with E-state index in [4.69, 9.17) is 5.11 Å². The van der Waals surface area contributed by atoms with Crippen molar-refractivity contribution in [1.29, 1.82) is 0 Å². The fourth-order valence-corrected chi connectivity index (χ4v) is 2.36. The van der Waals surface area contributed by atoms with E-state index in [1.165, 1.54) is 29.2 Å². The van der Waals surface area contributed by atoms with Crippen LogP contribution in [0.3, 0.4) is 0 Å². The number of phenolic OH excluding ortho intramolecular Hbond substituents is 2. The van der Waals surface area contributed by atoms with Crippen LogP contribution in [-0.4, -0.2) is 33.7 Å². The Morgan fingerprint density at radius 3 is 2.30 bits per heavy atom. The van der Waals surface area contributed by atoms with Gasteiger partial charge in [-0.3, -0.25) is 4.79 Å². The number of nitrogens with zero attached hydrogens (tertiary/aromatic N) is 1. The van der Waals surface area contributed by atoms with Gasteiger partial charge >= 0.3 is 5.97 Å².